The minimum absolute atomic E-state index is 0.146. The van der Waals surface area contributed by atoms with E-state index in [2.05, 4.69) is 4.98 Å². The Morgan fingerprint density at radius 3 is 2.86 bits per heavy atom. The van der Waals surface area contributed by atoms with E-state index in [4.69, 9.17) is 4.74 Å². The largest absolute Gasteiger partial charge is 0.464 e. The Balaban J connectivity index is 1.64. The lowest BCUT2D eigenvalue weighted by Gasteiger charge is -2.33. The molecule has 144 valence electrons. The fourth-order valence-electron chi connectivity index (χ4n) is 3.73. The van der Waals surface area contributed by atoms with Crippen molar-refractivity contribution in [2.24, 2.45) is 0 Å². The van der Waals surface area contributed by atoms with Gasteiger partial charge in [0.2, 0.25) is 0 Å². The number of aromatic nitrogens is 2. The van der Waals surface area contributed by atoms with Gasteiger partial charge in [0.1, 0.15) is 17.3 Å². The van der Waals surface area contributed by atoms with Crippen molar-refractivity contribution in [1.29, 1.82) is 0 Å². The van der Waals surface area contributed by atoms with Crippen molar-refractivity contribution < 1.29 is 19.4 Å². The van der Waals surface area contributed by atoms with Crippen LogP contribution in [0.2, 0.25) is 0 Å². The Kier molecular flexibility index (Phi) is 4.60. The maximum atomic E-state index is 12.2. The van der Waals surface area contributed by atoms with Gasteiger partial charge in [0.05, 0.1) is 17.3 Å². The molecule has 1 aliphatic heterocycles. The summed E-state index contributed by atoms with van der Waals surface area (Å²) < 4.78 is 7.29. The molecule has 0 aliphatic carbocycles. The lowest BCUT2D eigenvalue weighted by atomic mass is 9.95. The minimum Gasteiger partial charge on any atom is -0.464 e. The maximum Gasteiger partial charge on any atom is 0.415 e. The number of Topliss-reactive ketones (excluding diaryl/α,β-unsaturated/α-hetero) is 1. The van der Waals surface area contributed by atoms with Crippen molar-refractivity contribution in [3.63, 3.8) is 0 Å². The van der Waals surface area contributed by atoms with Crippen LogP contribution in [0.25, 0.3) is 10.9 Å². The Morgan fingerprint density at radius 2 is 2.11 bits per heavy atom. The molecule has 28 heavy (non-hydrogen) atoms. The number of nitrogens with zero attached hydrogens (tertiary/aromatic N) is 3. The van der Waals surface area contributed by atoms with Gasteiger partial charge in [0.25, 0.3) is 0 Å². The molecule has 1 aliphatic rings. The fraction of sp³-hybridized carbons (Fsp3) is 0.286. The lowest BCUT2D eigenvalue weighted by molar-refractivity contribution is -0.124. The third-order valence-corrected chi connectivity index (χ3v) is 5.24. The number of likely N-dealkylation sites (N-methyl/N-ethyl adjacent to an activating group) is 1. The number of carboxylic acid groups (broad SMARTS) is 1. The Hall–Kier alpha value is -3.19. The summed E-state index contributed by atoms with van der Waals surface area (Å²) in [5.74, 6) is 1.55. The predicted octanol–water partition coefficient (Wildman–Crippen LogP) is 3.69. The molecule has 0 amide bonds. The van der Waals surface area contributed by atoms with Gasteiger partial charge >= 0.3 is 6.09 Å². The molecule has 7 heteroatoms. The summed E-state index contributed by atoms with van der Waals surface area (Å²) in [5, 5.41) is 9.99. The van der Waals surface area contributed by atoms with E-state index in [0.29, 0.717) is 36.4 Å². The van der Waals surface area contributed by atoms with E-state index in [1.54, 1.807) is 24.4 Å². The van der Waals surface area contributed by atoms with E-state index in [1.807, 2.05) is 31.0 Å². The molecule has 1 aromatic carbocycles. The van der Waals surface area contributed by atoms with Crippen LogP contribution < -0.4 is 4.74 Å². The first-order valence-electron chi connectivity index (χ1n) is 9.20. The van der Waals surface area contributed by atoms with Crippen LogP contribution >= 0.6 is 0 Å². The average Bonchev–Trinajstić information content (AvgIpc) is 3.11. The Labute approximate surface area is 162 Å². The zero-order valence-electron chi connectivity index (χ0n) is 15.8. The number of ketones is 1. The van der Waals surface area contributed by atoms with Crippen LogP contribution in [0.1, 0.15) is 24.6 Å². The van der Waals surface area contributed by atoms with E-state index in [9.17, 15) is 14.7 Å². The van der Waals surface area contributed by atoms with Gasteiger partial charge in [0, 0.05) is 42.7 Å². The topological polar surface area (TPSA) is 84.7 Å². The van der Waals surface area contributed by atoms with Gasteiger partial charge in [-0.2, -0.15) is 0 Å². The number of hydrogen-bond donors (Lipinski definition) is 1. The minimum atomic E-state index is -1.02. The highest BCUT2D eigenvalue weighted by atomic mass is 16.5. The van der Waals surface area contributed by atoms with Crippen LogP contribution in [0.15, 0.2) is 42.7 Å². The van der Waals surface area contributed by atoms with E-state index in [1.165, 1.54) is 10.8 Å². The Bertz CT molecular complexity index is 1070. The fourth-order valence-corrected chi connectivity index (χ4v) is 3.73. The smallest absolute Gasteiger partial charge is 0.415 e. The summed E-state index contributed by atoms with van der Waals surface area (Å²) in [6.45, 7) is 2.47. The summed E-state index contributed by atoms with van der Waals surface area (Å²) >= 11 is 0. The number of benzene rings is 1. The van der Waals surface area contributed by atoms with Crippen LogP contribution in [-0.4, -0.2) is 44.5 Å². The zero-order chi connectivity index (χ0) is 19.8. The van der Waals surface area contributed by atoms with E-state index in [0.717, 1.165) is 16.6 Å². The molecule has 0 fully saturated rings. The molecule has 7 nitrogen and oxygen atoms in total. The summed E-state index contributed by atoms with van der Waals surface area (Å²) in [6.07, 6.45) is 3.29. The van der Waals surface area contributed by atoms with Crippen LogP contribution in [-0.2, 0) is 17.8 Å². The zero-order valence-corrected chi connectivity index (χ0v) is 15.8. The van der Waals surface area contributed by atoms with Crippen molar-refractivity contribution in [2.75, 3.05) is 7.05 Å². The molecule has 0 spiro atoms. The first kappa shape index (κ1) is 18.2. The van der Waals surface area contributed by atoms with Crippen molar-refractivity contribution in [1.82, 2.24) is 14.5 Å². The molecule has 0 saturated heterocycles. The van der Waals surface area contributed by atoms with Crippen molar-refractivity contribution in [2.45, 2.75) is 32.4 Å². The molecule has 4 rings (SSSR count). The van der Waals surface area contributed by atoms with Crippen molar-refractivity contribution in [3.05, 3.63) is 54.0 Å². The number of pyridine rings is 1. The van der Waals surface area contributed by atoms with Crippen molar-refractivity contribution in [3.8, 4) is 11.5 Å². The number of carbonyl (C=O) groups excluding carboxylic acids is 1. The molecule has 3 heterocycles. The van der Waals surface area contributed by atoms with Gasteiger partial charge in [-0.05, 0) is 37.4 Å². The third-order valence-electron chi connectivity index (χ3n) is 5.24. The number of ether oxygens (including phenoxy) is 1. The van der Waals surface area contributed by atoms with Gasteiger partial charge in [-0.25, -0.2) is 4.79 Å². The summed E-state index contributed by atoms with van der Waals surface area (Å²) in [7, 11) is 1.94. The summed E-state index contributed by atoms with van der Waals surface area (Å²) in [4.78, 5) is 29.9. The molecule has 0 saturated carbocycles. The lowest BCUT2D eigenvalue weighted by Crippen LogP contribution is -2.43. The SMILES string of the molecule is CCC(=O)[C@@H]1Cc2nccc(Oc3ccc4c(ccn4C(=O)O)c3)c2CN1C. The highest BCUT2D eigenvalue weighted by Crippen LogP contribution is 2.33. The second-order valence-corrected chi connectivity index (χ2v) is 6.98. The number of hydrogen-bond acceptors (Lipinski definition) is 5. The van der Waals surface area contributed by atoms with E-state index < -0.39 is 6.09 Å². The number of fused-ring (bicyclic) bond motifs is 2. The highest BCUT2D eigenvalue weighted by molar-refractivity contribution is 5.89. The second-order valence-electron chi connectivity index (χ2n) is 6.98. The molecule has 1 N–H and O–H groups in total. The number of rotatable bonds is 4. The van der Waals surface area contributed by atoms with Crippen LogP contribution in [0.5, 0.6) is 11.5 Å². The predicted molar refractivity (Wildman–Crippen MR) is 104 cm³/mol. The molecule has 0 bridgehead atoms. The molecular weight excluding hydrogens is 358 g/mol. The van der Waals surface area contributed by atoms with E-state index in [-0.39, 0.29) is 11.8 Å². The van der Waals surface area contributed by atoms with Crippen molar-refractivity contribution >= 4 is 22.8 Å². The van der Waals surface area contributed by atoms with Gasteiger partial charge in [-0.15, -0.1) is 0 Å². The molecule has 0 unspecified atom stereocenters. The molecule has 1 atom stereocenters. The third kappa shape index (κ3) is 3.14. The summed E-state index contributed by atoms with van der Waals surface area (Å²) in [5.41, 5.74) is 2.48. The monoisotopic (exact) mass is 379 g/mol. The first-order valence-corrected chi connectivity index (χ1v) is 9.20. The highest BCUT2D eigenvalue weighted by Gasteiger charge is 2.30. The maximum absolute atomic E-state index is 12.2. The van der Waals surface area contributed by atoms with Gasteiger partial charge in [-0.3, -0.25) is 19.2 Å². The van der Waals surface area contributed by atoms with Crippen LogP contribution in [0.3, 0.4) is 0 Å². The number of carbonyl (C=O) groups is 2. The van der Waals surface area contributed by atoms with Crippen LogP contribution in [0, 0.1) is 0 Å². The van der Waals surface area contributed by atoms with E-state index >= 15 is 0 Å². The van der Waals surface area contributed by atoms with Crippen LogP contribution in [0.4, 0.5) is 4.79 Å². The van der Waals surface area contributed by atoms with Gasteiger partial charge < -0.3 is 9.84 Å². The molecule has 0 radical (unpaired) electrons. The molecule has 2 aromatic heterocycles. The summed E-state index contributed by atoms with van der Waals surface area (Å²) in [6, 6.07) is 8.72. The average molecular weight is 379 g/mol. The normalized spacial score (nSPS) is 16.7. The second kappa shape index (κ2) is 7.09. The molecular formula is C21H21N3O4. The quantitative estimate of drug-likeness (QED) is 0.744. The first-order chi connectivity index (χ1) is 13.5. The van der Waals surface area contributed by atoms with Gasteiger partial charge in [-0.1, -0.05) is 6.92 Å². The standard InChI is InChI=1S/C21H21N3O4/c1-3-19(25)18-11-16-15(12-23(18)2)20(6-8-22-16)28-14-4-5-17-13(10-14)7-9-24(17)21(26)27/h4-10,18H,3,11-12H2,1-2H3,(H,26,27)/t18-/m0/s1. The van der Waals surface area contributed by atoms with Gasteiger partial charge in [0.15, 0.2) is 0 Å². The Morgan fingerprint density at radius 1 is 1.29 bits per heavy atom. The molecule has 3 aromatic rings.